The number of nitrogens with two attached hydrogens (primary N) is 1. The Labute approximate surface area is 170 Å². The molecule has 9 heteroatoms. The van der Waals surface area contributed by atoms with Crippen LogP contribution in [0.3, 0.4) is 0 Å². The van der Waals surface area contributed by atoms with Crippen molar-refractivity contribution in [2.45, 2.75) is 52.2 Å². The summed E-state index contributed by atoms with van der Waals surface area (Å²) in [4.78, 5) is 14.0. The van der Waals surface area contributed by atoms with Gasteiger partial charge in [0.2, 0.25) is 0 Å². The molecule has 0 bridgehead atoms. The largest absolute Gasteiger partial charge is 0.444 e. The highest BCUT2D eigenvalue weighted by Gasteiger charge is 2.30. The number of halogens is 1. The second-order valence-corrected chi connectivity index (χ2v) is 8.61. The fourth-order valence-corrected chi connectivity index (χ4v) is 3.56. The number of amides is 1. The molecule has 8 nitrogen and oxygen atoms in total. The quantitative estimate of drug-likeness (QED) is 0.832. The van der Waals surface area contributed by atoms with Crippen LogP contribution in [-0.2, 0) is 4.74 Å². The smallest absolute Gasteiger partial charge is 0.410 e. The Balaban J connectivity index is 1.63. The Morgan fingerprint density at radius 1 is 1.32 bits per heavy atom. The fraction of sp³-hybridized carbons (Fsp3) is 0.579. The molecule has 2 N–H and O–H groups in total. The molecule has 1 fully saturated rings. The molecule has 2 aromatic rings. The number of carbonyl (C=O) groups is 1. The van der Waals surface area contributed by atoms with E-state index < -0.39 is 5.60 Å². The Kier molecular flexibility index (Phi) is 5.79. The van der Waals surface area contributed by atoms with Crippen LogP contribution in [0.4, 0.5) is 10.6 Å². The summed E-state index contributed by atoms with van der Waals surface area (Å²) >= 11 is 5.94. The van der Waals surface area contributed by atoms with E-state index in [-0.39, 0.29) is 12.1 Å². The van der Waals surface area contributed by atoms with Crippen molar-refractivity contribution in [2.75, 3.05) is 18.8 Å². The van der Waals surface area contributed by atoms with Crippen molar-refractivity contribution in [2.24, 2.45) is 5.92 Å². The van der Waals surface area contributed by atoms with Gasteiger partial charge in [0, 0.05) is 30.4 Å². The molecule has 2 aromatic heterocycles. The SMILES string of the molecule is CC(C1CCN(C(=O)OC(C)(C)C)CC1)n1cc(-c2cc(Cl)nnc2N)cn1. The number of carbonyl (C=O) groups excluding carboxylic acids is 1. The molecule has 0 spiro atoms. The lowest BCUT2D eigenvalue weighted by molar-refractivity contribution is 0.0163. The van der Waals surface area contributed by atoms with E-state index in [4.69, 9.17) is 22.1 Å². The van der Waals surface area contributed by atoms with Crippen LogP contribution < -0.4 is 5.73 Å². The molecular formula is C19H27ClN6O2. The summed E-state index contributed by atoms with van der Waals surface area (Å²) < 4.78 is 7.41. The van der Waals surface area contributed by atoms with Gasteiger partial charge in [0.05, 0.1) is 12.2 Å². The van der Waals surface area contributed by atoms with Crippen molar-refractivity contribution in [3.63, 3.8) is 0 Å². The molecule has 152 valence electrons. The summed E-state index contributed by atoms with van der Waals surface area (Å²) in [6, 6.07) is 1.89. The van der Waals surface area contributed by atoms with E-state index in [0.29, 0.717) is 30.0 Å². The highest BCUT2D eigenvalue weighted by Crippen LogP contribution is 2.31. The zero-order chi connectivity index (χ0) is 20.5. The zero-order valence-corrected chi connectivity index (χ0v) is 17.5. The first kappa shape index (κ1) is 20.4. The first-order valence-electron chi connectivity index (χ1n) is 9.45. The molecule has 28 heavy (non-hydrogen) atoms. The van der Waals surface area contributed by atoms with Crippen molar-refractivity contribution in [3.05, 3.63) is 23.6 Å². The van der Waals surface area contributed by atoms with Gasteiger partial charge in [-0.2, -0.15) is 5.10 Å². The zero-order valence-electron chi connectivity index (χ0n) is 16.7. The van der Waals surface area contributed by atoms with Gasteiger partial charge in [-0.1, -0.05) is 11.6 Å². The third kappa shape index (κ3) is 4.73. The fourth-order valence-electron chi connectivity index (χ4n) is 3.42. The second kappa shape index (κ2) is 7.95. The number of hydrogen-bond acceptors (Lipinski definition) is 6. The van der Waals surface area contributed by atoms with Gasteiger partial charge < -0.3 is 15.4 Å². The highest BCUT2D eigenvalue weighted by atomic mass is 35.5. The van der Waals surface area contributed by atoms with Crippen LogP contribution in [-0.4, -0.2) is 49.7 Å². The maximum atomic E-state index is 12.2. The summed E-state index contributed by atoms with van der Waals surface area (Å²) in [5, 5.41) is 12.4. The topological polar surface area (TPSA) is 99.2 Å². The number of rotatable bonds is 3. The van der Waals surface area contributed by atoms with Gasteiger partial charge in [-0.3, -0.25) is 4.68 Å². The molecular weight excluding hydrogens is 380 g/mol. The van der Waals surface area contributed by atoms with Crippen LogP contribution in [0.5, 0.6) is 0 Å². The lowest BCUT2D eigenvalue weighted by Crippen LogP contribution is -2.42. The standard InChI is InChI=1S/C19H27ClN6O2/c1-12(13-5-7-25(8-6-13)18(27)28-19(2,3)4)26-11-14(10-22-26)15-9-16(20)23-24-17(15)21/h9-13H,5-8H2,1-4H3,(H2,21,24). The molecule has 1 aliphatic heterocycles. The minimum atomic E-state index is -0.473. The lowest BCUT2D eigenvalue weighted by atomic mass is 9.90. The normalized spacial score (nSPS) is 16.8. The number of ether oxygens (including phenoxy) is 1. The van der Waals surface area contributed by atoms with Gasteiger partial charge in [-0.05, 0) is 52.5 Å². The summed E-state index contributed by atoms with van der Waals surface area (Å²) in [7, 11) is 0. The third-order valence-electron chi connectivity index (χ3n) is 5.00. The highest BCUT2D eigenvalue weighted by molar-refractivity contribution is 6.29. The number of anilines is 1. The molecule has 0 radical (unpaired) electrons. The molecule has 1 atom stereocenters. The van der Waals surface area contributed by atoms with Crippen LogP contribution in [0, 0.1) is 5.92 Å². The van der Waals surface area contributed by atoms with Gasteiger partial charge in [0.1, 0.15) is 5.60 Å². The second-order valence-electron chi connectivity index (χ2n) is 8.22. The van der Waals surface area contributed by atoms with E-state index in [1.54, 1.807) is 17.2 Å². The number of likely N-dealkylation sites (tertiary alicyclic amines) is 1. The first-order valence-corrected chi connectivity index (χ1v) is 9.83. The Hall–Kier alpha value is -2.35. The summed E-state index contributed by atoms with van der Waals surface area (Å²) in [5.74, 6) is 0.741. The molecule has 3 rings (SSSR count). The van der Waals surface area contributed by atoms with Crippen molar-refractivity contribution in [1.82, 2.24) is 24.9 Å². The monoisotopic (exact) mass is 406 g/mol. The average molecular weight is 407 g/mol. The van der Waals surface area contributed by atoms with Crippen LogP contribution >= 0.6 is 11.6 Å². The Morgan fingerprint density at radius 3 is 2.64 bits per heavy atom. The van der Waals surface area contributed by atoms with Crippen LogP contribution in [0.15, 0.2) is 18.5 Å². The van der Waals surface area contributed by atoms with Crippen molar-refractivity contribution in [3.8, 4) is 11.1 Å². The van der Waals surface area contributed by atoms with Crippen molar-refractivity contribution in [1.29, 1.82) is 0 Å². The maximum absolute atomic E-state index is 12.2. The van der Waals surface area contributed by atoms with Crippen molar-refractivity contribution >= 4 is 23.5 Å². The van der Waals surface area contributed by atoms with E-state index in [1.807, 2.05) is 31.6 Å². The summed E-state index contributed by atoms with van der Waals surface area (Å²) in [6.45, 7) is 9.17. The third-order valence-corrected chi connectivity index (χ3v) is 5.18. The average Bonchev–Trinajstić information content (AvgIpc) is 3.11. The maximum Gasteiger partial charge on any atom is 0.410 e. The number of hydrogen-bond donors (Lipinski definition) is 1. The molecule has 1 saturated heterocycles. The van der Waals surface area contributed by atoms with Gasteiger partial charge in [-0.15, -0.1) is 10.2 Å². The Morgan fingerprint density at radius 2 is 2.00 bits per heavy atom. The minimum Gasteiger partial charge on any atom is -0.444 e. The van der Waals surface area contributed by atoms with Crippen LogP contribution in [0.2, 0.25) is 5.15 Å². The molecule has 1 aliphatic rings. The van der Waals surface area contributed by atoms with Gasteiger partial charge in [0.15, 0.2) is 11.0 Å². The number of nitrogen functional groups attached to an aromatic ring is 1. The van der Waals surface area contributed by atoms with Crippen LogP contribution in [0.25, 0.3) is 11.1 Å². The van der Waals surface area contributed by atoms with E-state index in [9.17, 15) is 4.79 Å². The van der Waals surface area contributed by atoms with E-state index in [1.165, 1.54) is 0 Å². The molecule has 1 unspecified atom stereocenters. The lowest BCUT2D eigenvalue weighted by Gasteiger charge is -2.35. The van der Waals surface area contributed by atoms with E-state index >= 15 is 0 Å². The Bertz CT molecular complexity index is 839. The van der Waals surface area contributed by atoms with Gasteiger partial charge in [0.25, 0.3) is 0 Å². The van der Waals surface area contributed by atoms with Crippen LogP contribution in [0.1, 0.15) is 46.6 Å². The number of aromatic nitrogens is 4. The minimum absolute atomic E-state index is 0.195. The first-order chi connectivity index (χ1) is 13.1. The predicted octanol–water partition coefficient (Wildman–Crippen LogP) is 3.78. The number of nitrogens with zero attached hydrogens (tertiary/aromatic N) is 5. The van der Waals surface area contributed by atoms with Crippen molar-refractivity contribution < 1.29 is 9.53 Å². The van der Waals surface area contributed by atoms with E-state index in [2.05, 4.69) is 22.2 Å². The predicted molar refractivity (Wildman–Crippen MR) is 108 cm³/mol. The molecule has 0 aromatic carbocycles. The molecule has 3 heterocycles. The molecule has 0 aliphatic carbocycles. The van der Waals surface area contributed by atoms with Gasteiger partial charge in [-0.25, -0.2) is 4.79 Å². The van der Waals surface area contributed by atoms with E-state index in [0.717, 1.165) is 24.0 Å². The summed E-state index contributed by atoms with van der Waals surface area (Å²) in [6.07, 6.45) is 5.28. The summed E-state index contributed by atoms with van der Waals surface area (Å²) in [5.41, 5.74) is 7.02. The van der Waals surface area contributed by atoms with Gasteiger partial charge >= 0.3 is 6.09 Å². The number of piperidine rings is 1. The molecule has 0 saturated carbocycles. The molecule has 1 amide bonds.